The fraction of sp³-hybridized carbons (Fsp3) is 0.100. The molecule has 3 rings (SSSR count). The van der Waals surface area contributed by atoms with Gasteiger partial charge in [-0.15, -0.1) is 0 Å². The molecule has 0 radical (unpaired) electrons. The van der Waals surface area contributed by atoms with Crippen molar-refractivity contribution in [2.75, 3.05) is 6.61 Å². The van der Waals surface area contributed by atoms with Crippen LogP contribution in [0, 0.1) is 29.1 Å². The van der Waals surface area contributed by atoms with Gasteiger partial charge in [0.2, 0.25) is 0 Å². The van der Waals surface area contributed by atoms with E-state index < -0.39 is 35.7 Å². The molecule has 0 aliphatic rings. The second kappa shape index (κ2) is 7.65. The Hall–Kier alpha value is -3.09. The van der Waals surface area contributed by atoms with E-state index >= 15 is 0 Å². The third-order valence-electron chi connectivity index (χ3n) is 3.81. The molecule has 0 unspecified atom stereocenters. The zero-order chi connectivity index (χ0) is 19.6. The van der Waals surface area contributed by atoms with E-state index in [2.05, 4.69) is 6.58 Å². The number of rotatable bonds is 6. The highest BCUT2D eigenvalue weighted by molar-refractivity contribution is 5.84. The Kier molecular flexibility index (Phi) is 5.30. The van der Waals surface area contributed by atoms with Crippen LogP contribution in [0.5, 0.6) is 11.5 Å². The van der Waals surface area contributed by atoms with Crippen LogP contribution in [-0.4, -0.2) is 6.61 Å². The van der Waals surface area contributed by atoms with Crippen molar-refractivity contribution in [2.45, 2.75) is 6.61 Å². The topological polar surface area (TPSA) is 18.5 Å². The number of hydrogen-bond acceptors (Lipinski definition) is 2. The highest BCUT2D eigenvalue weighted by Gasteiger charge is 2.15. The fourth-order valence-corrected chi connectivity index (χ4v) is 2.48. The van der Waals surface area contributed by atoms with Crippen molar-refractivity contribution in [3.05, 3.63) is 83.7 Å². The summed E-state index contributed by atoms with van der Waals surface area (Å²) in [6, 6.07) is 6.58. The van der Waals surface area contributed by atoms with Gasteiger partial charge in [-0.05, 0) is 29.7 Å². The van der Waals surface area contributed by atoms with E-state index in [9.17, 15) is 22.0 Å². The number of halogens is 5. The third kappa shape index (κ3) is 3.86. The molecule has 27 heavy (non-hydrogen) atoms. The van der Waals surface area contributed by atoms with Crippen LogP contribution < -0.4 is 9.47 Å². The van der Waals surface area contributed by atoms with Gasteiger partial charge in [-0.1, -0.05) is 12.7 Å². The molecule has 0 bridgehead atoms. The van der Waals surface area contributed by atoms with Crippen LogP contribution in [0.3, 0.4) is 0 Å². The van der Waals surface area contributed by atoms with Gasteiger partial charge in [0.1, 0.15) is 36.3 Å². The first-order valence-corrected chi connectivity index (χ1v) is 7.82. The fourth-order valence-electron chi connectivity index (χ4n) is 2.48. The van der Waals surface area contributed by atoms with Crippen molar-refractivity contribution in [2.24, 2.45) is 0 Å². The van der Waals surface area contributed by atoms with E-state index in [1.54, 1.807) is 0 Å². The predicted octanol–water partition coefficient (Wildman–Crippen LogP) is 5.68. The van der Waals surface area contributed by atoms with Gasteiger partial charge in [-0.3, -0.25) is 0 Å². The summed E-state index contributed by atoms with van der Waals surface area (Å²) in [6.45, 7) is 3.07. The molecule has 0 heterocycles. The molecule has 3 aromatic carbocycles. The van der Waals surface area contributed by atoms with Crippen LogP contribution in [-0.2, 0) is 6.61 Å². The Labute approximate surface area is 151 Å². The highest BCUT2D eigenvalue weighted by Crippen LogP contribution is 2.28. The highest BCUT2D eigenvalue weighted by atomic mass is 19.2. The van der Waals surface area contributed by atoms with E-state index in [0.717, 1.165) is 18.2 Å². The monoisotopic (exact) mass is 380 g/mol. The lowest BCUT2D eigenvalue weighted by Gasteiger charge is -2.11. The minimum Gasteiger partial charge on any atom is -0.489 e. The van der Waals surface area contributed by atoms with Gasteiger partial charge in [-0.25, -0.2) is 22.0 Å². The van der Waals surface area contributed by atoms with Gasteiger partial charge < -0.3 is 9.47 Å². The van der Waals surface area contributed by atoms with E-state index in [1.165, 1.54) is 24.3 Å². The van der Waals surface area contributed by atoms with Gasteiger partial charge in [0.05, 0.1) is 5.56 Å². The third-order valence-corrected chi connectivity index (χ3v) is 3.81. The lowest BCUT2D eigenvalue weighted by Crippen LogP contribution is -2.04. The van der Waals surface area contributed by atoms with Gasteiger partial charge in [0.15, 0.2) is 17.5 Å². The smallest absolute Gasteiger partial charge is 0.195 e. The van der Waals surface area contributed by atoms with Crippen molar-refractivity contribution < 1.29 is 31.4 Å². The second-order valence-electron chi connectivity index (χ2n) is 5.62. The van der Waals surface area contributed by atoms with Crippen molar-refractivity contribution in [1.82, 2.24) is 0 Å². The number of ether oxygens (including phenoxy) is 2. The Balaban J connectivity index is 1.82. The van der Waals surface area contributed by atoms with E-state index in [0.29, 0.717) is 0 Å². The standard InChI is InChI=1S/C20H13F5O2/c1-2-5-26-13-8-16(21)15(17(22)9-13)10-27-12-3-4-14-11(6-12)7-18(23)20(25)19(14)24/h2-4,6-9H,1,5,10H2. The lowest BCUT2D eigenvalue weighted by molar-refractivity contribution is 0.291. The van der Waals surface area contributed by atoms with Gasteiger partial charge in [0, 0.05) is 17.5 Å². The first-order valence-electron chi connectivity index (χ1n) is 7.82. The molecule has 0 aliphatic carbocycles. The number of benzene rings is 3. The molecule has 0 aliphatic heterocycles. The molecule has 2 nitrogen and oxygen atoms in total. The maximum absolute atomic E-state index is 14.1. The average Bonchev–Trinajstić information content (AvgIpc) is 2.63. The van der Waals surface area contributed by atoms with Crippen LogP contribution in [0.1, 0.15) is 5.56 Å². The molecule has 0 atom stereocenters. The maximum atomic E-state index is 14.1. The summed E-state index contributed by atoms with van der Waals surface area (Å²) in [7, 11) is 0. The summed E-state index contributed by atoms with van der Waals surface area (Å²) < 4.78 is 78.8. The molecule has 0 fully saturated rings. The molecule has 7 heteroatoms. The summed E-state index contributed by atoms with van der Waals surface area (Å²) in [5, 5.41) is -0.0830. The Morgan fingerprint density at radius 3 is 2.15 bits per heavy atom. The summed E-state index contributed by atoms with van der Waals surface area (Å²) >= 11 is 0. The second-order valence-corrected chi connectivity index (χ2v) is 5.62. The molecule has 0 amide bonds. The van der Waals surface area contributed by atoms with Crippen molar-refractivity contribution in [1.29, 1.82) is 0 Å². The van der Waals surface area contributed by atoms with Crippen LogP contribution in [0.4, 0.5) is 22.0 Å². The Morgan fingerprint density at radius 2 is 1.48 bits per heavy atom. The van der Waals surface area contributed by atoms with Crippen LogP contribution in [0.15, 0.2) is 49.1 Å². The first-order chi connectivity index (χ1) is 12.9. The predicted molar refractivity (Wildman–Crippen MR) is 90.2 cm³/mol. The molecule has 0 N–H and O–H groups in total. The first kappa shape index (κ1) is 18.7. The van der Waals surface area contributed by atoms with E-state index in [-0.39, 0.29) is 34.4 Å². The minimum atomic E-state index is -1.57. The quantitative estimate of drug-likeness (QED) is 0.311. The molecular weight excluding hydrogens is 367 g/mol. The molecule has 140 valence electrons. The normalized spacial score (nSPS) is 10.9. The van der Waals surface area contributed by atoms with Crippen LogP contribution in [0.25, 0.3) is 10.8 Å². The molecule has 3 aromatic rings. The zero-order valence-electron chi connectivity index (χ0n) is 13.9. The zero-order valence-corrected chi connectivity index (χ0v) is 13.9. The van der Waals surface area contributed by atoms with Crippen molar-refractivity contribution in [3.63, 3.8) is 0 Å². The Bertz CT molecular complexity index is 994. The van der Waals surface area contributed by atoms with Crippen LogP contribution in [0.2, 0.25) is 0 Å². The average molecular weight is 380 g/mol. The molecule has 0 saturated heterocycles. The molecular formula is C20H13F5O2. The summed E-state index contributed by atoms with van der Waals surface area (Å²) in [5.41, 5.74) is -0.336. The largest absolute Gasteiger partial charge is 0.489 e. The minimum absolute atomic E-state index is 0.00679. The molecule has 0 aromatic heterocycles. The summed E-state index contributed by atoms with van der Waals surface area (Å²) in [4.78, 5) is 0. The Morgan fingerprint density at radius 1 is 0.778 bits per heavy atom. The summed E-state index contributed by atoms with van der Waals surface area (Å²) in [5.74, 6) is -5.85. The molecule has 0 saturated carbocycles. The van der Waals surface area contributed by atoms with Crippen molar-refractivity contribution in [3.8, 4) is 11.5 Å². The number of hydrogen-bond donors (Lipinski definition) is 0. The van der Waals surface area contributed by atoms with Crippen molar-refractivity contribution >= 4 is 10.8 Å². The van der Waals surface area contributed by atoms with Gasteiger partial charge in [0.25, 0.3) is 0 Å². The van der Waals surface area contributed by atoms with Gasteiger partial charge in [-0.2, -0.15) is 0 Å². The SMILES string of the molecule is C=CCOc1cc(F)c(COc2ccc3c(F)c(F)c(F)cc3c2)c(F)c1. The number of fused-ring (bicyclic) bond motifs is 1. The van der Waals surface area contributed by atoms with E-state index in [4.69, 9.17) is 9.47 Å². The lowest BCUT2D eigenvalue weighted by atomic mass is 10.1. The summed E-state index contributed by atoms with van der Waals surface area (Å²) in [6.07, 6.45) is 1.43. The van der Waals surface area contributed by atoms with Crippen LogP contribution >= 0.6 is 0 Å². The van der Waals surface area contributed by atoms with E-state index in [1.807, 2.05) is 0 Å². The maximum Gasteiger partial charge on any atom is 0.195 e. The molecule has 0 spiro atoms. The van der Waals surface area contributed by atoms with Gasteiger partial charge >= 0.3 is 0 Å².